The Morgan fingerprint density at radius 3 is 1.88 bits per heavy atom. The highest BCUT2D eigenvalue weighted by Crippen LogP contribution is 2.15. The molecule has 0 heterocycles. The van der Waals surface area contributed by atoms with E-state index in [1.165, 1.54) is 0 Å². The average molecular weight is 226 g/mol. The highest BCUT2D eigenvalue weighted by molar-refractivity contribution is 14.1. The summed E-state index contributed by atoms with van der Waals surface area (Å²) in [5.41, 5.74) is -0.138. The van der Waals surface area contributed by atoms with Crippen molar-refractivity contribution in [2.45, 2.75) is 20.8 Å². The molecule has 48 valence electrons. The summed E-state index contributed by atoms with van der Waals surface area (Å²) < 4.78 is 0.626. The molecule has 0 aliphatic rings. The number of hydrogen-bond acceptors (Lipinski definition) is 1. The molecular formula is C6H11IO. The van der Waals surface area contributed by atoms with Crippen molar-refractivity contribution in [3.63, 3.8) is 0 Å². The molecule has 0 bridgehead atoms. The van der Waals surface area contributed by atoms with Crippen LogP contribution in [0.4, 0.5) is 0 Å². The minimum absolute atomic E-state index is 0.138. The number of carbonyl (C=O) groups is 1. The van der Waals surface area contributed by atoms with Gasteiger partial charge in [0, 0.05) is 5.41 Å². The van der Waals surface area contributed by atoms with E-state index < -0.39 is 0 Å². The third-order valence-electron chi connectivity index (χ3n) is 0.958. The summed E-state index contributed by atoms with van der Waals surface area (Å²) in [5.74, 6) is 0.318. The van der Waals surface area contributed by atoms with E-state index in [9.17, 15) is 4.79 Å². The highest BCUT2D eigenvalue weighted by Gasteiger charge is 2.18. The van der Waals surface area contributed by atoms with Crippen LogP contribution in [-0.2, 0) is 4.79 Å². The molecule has 0 N–H and O–H groups in total. The standard InChI is InChI=1S/C6H11IO/c1-6(2,3)5(8)4-7/h4H2,1-3H3. The van der Waals surface area contributed by atoms with Crippen LogP contribution in [0.3, 0.4) is 0 Å². The largest absolute Gasteiger partial charge is 0.298 e. The van der Waals surface area contributed by atoms with Gasteiger partial charge in [-0.05, 0) is 0 Å². The molecule has 0 aromatic carbocycles. The first-order valence-corrected chi connectivity index (χ1v) is 4.10. The number of alkyl halides is 1. The van der Waals surface area contributed by atoms with Crippen LogP contribution in [0.5, 0.6) is 0 Å². The maximum absolute atomic E-state index is 10.8. The smallest absolute Gasteiger partial charge is 0.147 e. The molecular weight excluding hydrogens is 215 g/mol. The third-order valence-corrected chi connectivity index (χ3v) is 1.65. The van der Waals surface area contributed by atoms with Gasteiger partial charge in [-0.1, -0.05) is 43.4 Å². The van der Waals surface area contributed by atoms with E-state index in [0.29, 0.717) is 10.2 Å². The molecule has 0 aromatic heterocycles. The monoisotopic (exact) mass is 226 g/mol. The van der Waals surface area contributed by atoms with Gasteiger partial charge in [-0.2, -0.15) is 0 Å². The van der Waals surface area contributed by atoms with Crippen molar-refractivity contribution in [3.8, 4) is 0 Å². The van der Waals surface area contributed by atoms with Gasteiger partial charge in [0.15, 0.2) is 0 Å². The summed E-state index contributed by atoms with van der Waals surface area (Å²) in [4.78, 5) is 10.8. The molecule has 0 aromatic rings. The van der Waals surface area contributed by atoms with Crippen molar-refractivity contribution in [3.05, 3.63) is 0 Å². The summed E-state index contributed by atoms with van der Waals surface area (Å²) in [6, 6.07) is 0. The van der Waals surface area contributed by atoms with Crippen LogP contribution in [-0.4, -0.2) is 10.2 Å². The van der Waals surface area contributed by atoms with Crippen molar-refractivity contribution in [1.82, 2.24) is 0 Å². The van der Waals surface area contributed by atoms with Crippen LogP contribution < -0.4 is 0 Å². The van der Waals surface area contributed by atoms with Crippen LogP contribution in [0, 0.1) is 5.41 Å². The maximum atomic E-state index is 10.8. The van der Waals surface area contributed by atoms with Gasteiger partial charge in [0.2, 0.25) is 0 Å². The van der Waals surface area contributed by atoms with Crippen molar-refractivity contribution in [2.24, 2.45) is 5.41 Å². The second-order valence-corrected chi connectivity index (χ2v) is 3.57. The average Bonchev–Trinajstić information content (AvgIpc) is 1.62. The molecule has 0 unspecified atom stereocenters. The topological polar surface area (TPSA) is 17.1 Å². The van der Waals surface area contributed by atoms with Crippen LogP contribution in [0.15, 0.2) is 0 Å². The Kier molecular flexibility index (Phi) is 2.94. The quantitative estimate of drug-likeness (QED) is 0.494. The zero-order chi connectivity index (χ0) is 6.78. The van der Waals surface area contributed by atoms with Crippen LogP contribution in [0.25, 0.3) is 0 Å². The summed E-state index contributed by atoms with van der Waals surface area (Å²) in [5, 5.41) is 0. The minimum Gasteiger partial charge on any atom is -0.298 e. The molecule has 2 heteroatoms. The molecule has 0 saturated carbocycles. The van der Waals surface area contributed by atoms with Crippen molar-refractivity contribution < 1.29 is 4.79 Å². The lowest BCUT2D eigenvalue weighted by Crippen LogP contribution is -2.20. The predicted octanol–water partition coefficient (Wildman–Crippen LogP) is 2.04. The van der Waals surface area contributed by atoms with Gasteiger partial charge in [0.05, 0.1) is 4.43 Å². The van der Waals surface area contributed by atoms with Crippen LogP contribution in [0.2, 0.25) is 0 Å². The number of ketones is 1. The molecule has 1 nitrogen and oxygen atoms in total. The fraction of sp³-hybridized carbons (Fsp3) is 0.833. The Morgan fingerprint density at radius 2 is 1.88 bits per heavy atom. The van der Waals surface area contributed by atoms with E-state index in [1.807, 2.05) is 20.8 Å². The number of rotatable bonds is 1. The SMILES string of the molecule is CC(C)(C)C(=O)CI. The summed E-state index contributed by atoms with van der Waals surface area (Å²) in [6.07, 6.45) is 0. The molecule has 0 spiro atoms. The fourth-order valence-electron chi connectivity index (χ4n) is 0.200. The fourth-order valence-corrected chi connectivity index (χ4v) is 1.34. The number of carbonyl (C=O) groups excluding carboxylic acids is 1. The van der Waals surface area contributed by atoms with E-state index in [0.717, 1.165) is 0 Å². The molecule has 0 rings (SSSR count). The Morgan fingerprint density at radius 1 is 1.50 bits per heavy atom. The zero-order valence-corrected chi connectivity index (χ0v) is 7.65. The molecule has 0 saturated heterocycles. The summed E-state index contributed by atoms with van der Waals surface area (Å²) in [6.45, 7) is 5.82. The number of Topliss-reactive ketones (excluding diaryl/α,β-unsaturated/α-hetero) is 1. The maximum Gasteiger partial charge on any atom is 0.147 e. The summed E-state index contributed by atoms with van der Waals surface area (Å²) >= 11 is 2.09. The molecule has 0 aliphatic carbocycles. The Hall–Kier alpha value is 0.400. The Balaban J connectivity index is 3.82. The lowest BCUT2D eigenvalue weighted by molar-refractivity contribution is -0.123. The Bertz CT molecular complexity index is 91.2. The van der Waals surface area contributed by atoms with Crippen molar-refractivity contribution in [1.29, 1.82) is 0 Å². The van der Waals surface area contributed by atoms with Gasteiger partial charge in [0.25, 0.3) is 0 Å². The van der Waals surface area contributed by atoms with E-state index in [1.54, 1.807) is 0 Å². The van der Waals surface area contributed by atoms with Gasteiger partial charge in [-0.3, -0.25) is 4.79 Å². The lowest BCUT2D eigenvalue weighted by Gasteiger charge is -2.13. The van der Waals surface area contributed by atoms with E-state index in [-0.39, 0.29) is 5.41 Å². The van der Waals surface area contributed by atoms with Crippen molar-refractivity contribution in [2.75, 3.05) is 4.43 Å². The van der Waals surface area contributed by atoms with Gasteiger partial charge in [-0.25, -0.2) is 0 Å². The highest BCUT2D eigenvalue weighted by atomic mass is 127. The predicted molar refractivity (Wildman–Crippen MR) is 43.3 cm³/mol. The van der Waals surface area contributed by atoms with Gasteiger partial charge >= 0.3 is 0 Å². The van der Waals surface area contributed by atoms with Gasteiger partial charge < -0.3 is 0 Å². The number of halogens is 1. The van der Waals surface area contributed by atoms with Gasteiger partial charge in [0.1, 0.15) is 5.78 Å². The van der Waals surface area contributed by atoms with E-state index in [2.05, 4.69) is 22.6 Å². The molecule has 8 heavy (non-hydrogen) atoms. The van der Waals surface area contributed by atoms with Crippen LogP contribution >= 0.6 is 22.6 Å². The zero-order valence-electron chi connectivity index (χ0n) is 5.49. The lowest BCUT2D eigenvalue weighted by atomic mass is 9.92. The minimum atomic E-state index is -0.138. The normalized spacial score (nSPS) is 11.5. The molecule has 0 atom stereocenters. The van der Waals surface area contributed by atoms with E-state index in [4.69, 9.17) is 0 Å². The number of hydrogen-bond donors (Lipinski definition) is 0. The molecule has 0 amide bonds. The second kappa shape index (κ2) is 2.80. The first-order valence-electron chi connectivity index (χ1n) is 2.57. The van der Waals surface area contributed by atoms with Crippen molar-refractivity contribution >= 4 is 28.4 Å². The molecule has 0 radical (unpaired) electrons. The molecule has 0 aliphatic heterocycles. The third kappa shape index (κ3) is 2.64. The Labute approximate surface area is 64.0 Å². The van der Waals surface area contributed by atoms with Gasteiger partial charge in [-0.15, -0.1) is 0 Å². The first kappa shape index (κ1) is 8.40. The molecule has 0 fully saturated rings. The first-order chi connectivity index (χ1) is 3.48. The van der Waals surface area contributed by atoms with E-state index >= 15 is 0 Å². The van der Waals surface area contributed by atoms with Crippen LogP contribution in [0.1, 0.15) is 20.8 Å². The second-order valence-electron chi connectivity index (χ2n) is 2.81. The summed E-state index contributed by atoms with van der Waals surface area (Å²) in [7, 11) is 0.